The lowest BCUT2D eigenvalue weighted by atomic mass is 10.0. The van der Waals surface area contributed by atoms with Crippen LogP contribution in [0.4, 0.5) is 5.82 Å². The van der Waals surface area contributed by atoms with Gasteiger partial charge in [0.15, 0.2) is 0 Å². The Morgan fingerprint density at radius 1 is 1.26 bits per heavy atom. The van der Waals surface area contributed by atoms with E-state index in [1.54, 1.807) is 6.20 Å². The van der Waals surface area contributed by atoms with Gasteiger partial charge >= 0.3 is 0 Å². The quantitative estimate of drug-likeness (QED) is 0.876. The van der Waals surface area contributed by atoms with Crippen LogP contribution >= 0.6 is 0 Å². The van der Waals surface area contributed by atoms with E-state index in [0.717, 1.165) is 25.2 Å². The number of aromatic nitrogens is 2. The summed E-state index contributed by atoms with van der Waals surface area (Å²) >= 11 is 0. The maximum Gasteiger partial charge on any atom is 0.242 e. The standard InChI is InChI=1S/C14H22N4O/c19-14(12-7-3-4-9-15-12)17-13-8-10-16-18(13)11-5-1-2-6-11/h8,10-12,15H,1-7,9H2,(H,17,19)/t12-/m0/s1. The molecule has 0 radical (unpaired) electrons. The molecule has 2 N–H and O–H groups in total. The molecule has 1 saturated carbocycles. The predicted molar refractivity (Wildman–Crippen MR) is 74.0 cm³/mol. The van der Waals surface area contributed by atoms with Crippen LogP contribution in [-0.2, 0) is 4.79 Å². The lowest BCUT2D eigenvalue weighted by Crippen LogP contribution is -2.43. The van der Waals surface area contributed by atoms with Crippen LogP contribution in [0.15, 0.2) is 12.3 Å². The second-order valence-electron chi connectivity index (χ2n) is 5.59. The number of anilines is 1. The number of amides is 1. The van der Waals surface area contributed by atoms with E-state index in [1.807, 2.05) is 10.7 Å². The highest BCUT2D eigenvalue weighted by atomic mass is 16.2. The second kappa shape index (κ2) is 5.74. The lowest BCUT2D eigenvalue weighted by Gasteiger charge is -2.23. The molecule has 19 heavy (non-hydrogen) atoms. The molecule has 5 heteroatoms. The van der Waals surface area contributed by atoms with Gasteiger partial charge in [-0.2, -0.15) is 5.10 Å². The maximum absolute atomic E-state index is 12.2. The Morgan fingerprint density at radius 3 is 2.79 bits per heavy atom. The Labute approximate surface area is 113 Å². The van der Waals surface area contributed by atoms with Crippen molar-refractivity contribution in [3.63, 3.8) is 0 Å². The van der Waals surface area contributed by atoms with E-state index < -0.39 is 0 Å². The molecule has 2 fully saturated rings. The monoisotopic (exact) mass is 262 g/mol. The summed E-state index contributed by atoms with van der Waals surface area (Å²) in [6.07, 6.45) is 9.89. The SMILES string of the molecule is O=C(Nc1ccnn1C1CCCC1)[C@@H]1CCCCN1. The van der Waals surface area contributed by atoms with Crippen LogP contribution in [0.5, 0.6) is 0 Å². The zero-order valence-corrected chi connectivity index (χ0v) is 11.3. The van der Waals surface area contributed by atoms with Gasteiger partial charge in [-0.3, -0.25) is 4.79 Å². The number of carbonyl (C=O) groups excluding carboxylic acids is 1. The van der Waals surface area contributed by atoms with Crippen LogP contribution in [0.1, 0.15) is 51.0 Å². The number of piperidine rings is 1. The fourth-order valence-corrected chi connectivity index (χ4v) is 3.14. The number of hydrogen-bond donors (Lipinski definition) is 2. The number of rotatable bonds is 3. The third kappa shape index (κ3) is 2.81. The molecule has 1 atom stereocenters. The van der Waals surface area contributed by atoms with Crippen LogP contribution < -0.4 is 10.6 Å². The first-order valence-corrected chi connectivity index (χ1v) is 7.42. The second-order valence-corrected chi connectivity index (χ2v) is 5.59. The predicted octanol–water partition coefficient (Wildman–Crippen LogP) is 2.08. The van der Waals surface area contributed by atoms with E-state index in [-0.39, 0.29) is 11.9 Å². The van der Waals surface area contributed by atoms with E-state index in [9.17, 15) is 4.79 Å². The average Bonchev–Trinajstić information content (AvgIpc) is 3.10. The fraction of sp³-hybridized carbons (Fsp3) is 0.714. The molecule has 0 aromatic carbocycles. The van der Waals surface area contributed by atoms with Crippen LogP contribution in [-0.4, -0.2) is 28.3 Å². The summed E-state index contributed by atoms with van der Waals surface area (Å²) in [5.74, 6) is 0.934. The Kier molecular flexibility index (Phi) is 3.82. The van der Waals surface area contributed by atoms with Crippen LogP contribution in [0.25, 0.3) is 0 Å². The highest BCUT2D eigenvalue weighted by Crippen LogP contribution is 2.31. The van der Waals surface area contributed by atoms with E-state index in [1.165, 1.54) is 32.1 Å². The molecule has 3 rings (SSSR count). The van der Waals surface area contributed by atoms with E-state index in [0.29, 0.717) is 6.04 Å². The summed E-state index contributed by atoms with van der Waals surface area (Å²) in [6.45, 7) is 0.944. The first-order chi connectivity index (χ1) is 9.34. The van der Waals surface area contributed by atoms with Crippen molar-refractivity contribution in [2.75, 3.05) is 11.9 Å². The third-order valence-corrected chi connectivity index (χ3v) is 4.22. The zero-order chi connectivity index (χ0) is 13.1. The normalized spacial score (nSPS) is 24.5. The van der Waals surface area contributed by atoms with Crippen molar-refractivity contribution in [3.05, 3.63) is 12.3 Å². The van der Waals surface area contributed by atoms with E-state index in [2.05, 4.69) is 15.7 Å². The van der Waals surface area contributed by atoms with Gasteiger partial charge in [-0.1, -0.05) is 19.3 Å². The van der Waals surface area contributed by atoms with E-state index in [4.69, 9.17) is 0 Å². The van der Waals surface area contributed by atoms with Crippen molar-refractivity contribution in [3.8, 4) is 0 Å². The highest BCUT2D eigenvalue weighted by Gasteiger charge is 2.24. The fourth-order valence-electron chi connectivity index (χ4n) is 3.14. The van der Waals surface area contributed by atoms with Gasteiger partial charge in [-0.15, -0.1) is 0 Å². The minimum atomic E-state index is -0.0410. The summed E-state index contributed by atoms with van der Waals surface area (Å²) in [5, 5.41) is 10.7. The van der Waals surface area contributed by atoms with Crippen LogP contribution in [0, 0.1) is 0 Å². The topological polar surface area (TPSA) is 59.0 Å². The molecular weight excluding hydrogens is 240 g/mol. The van der Waals surface area contributed by atoms with Crippen molar-refractivity contribution < 1.29 is 4.79 Å². The first-order valence-electron chi connectivity index (χ1n) is 7.42. The molecule has 1 aliphatic carbocycles. The lowest BCUT2D eigenvalue weighted by molar-refractivity contribution is -0.118. The van der Waals surface area contributed by atoms with Gasteiger partial charge in [-0.25, -0.2) is 4.68 Å². The van der Waals surface area contributed by atoms with Crippen molar-refractivity contribution in [2.45, 2.75) is 57.0 Å². The molecule has 1 aromatic heterocycles. The molecule has 2 aliphatic rings. The van der Waals surface area contributed by atoms with Crippen molar-refractivity contribution in [1.82, 2.24) is 15.1 Å². The molecule has 0 bridgehead atoms. The number of nitrogens with one attached hydrogen (secondary N) is 2. The minimum Gasteiger partial charge on any atom is -0.310 e. The van der Waals surface area contributed by atoms with Gasteiger partial charge in [0.1, 0.15) is 5.82 Å². The first kappa shape index (κ1) is 12.7. The Balaban J connectivity index is 1.65. The molecular formula is C14H22N4O. The maximum atomic E-state index is 12.2. The van der Waals surface area contributed by atoms with E-state index >= 15 is 0 Å². The summed E-state index contributed by atoms with van der Waals surface area (Å²) < 4.78 is 1.99. The average molecular weight is 262 g/mol. The summed E-state index contributed by atoms with van der Waals surface area (Å²) in [6, 6.07) is 2.32. The molecule has 5 nitrogen and oxygen atoms in total. The number of nitrogens with zero attached hydrogens (tertiary/aromatic N) is 2. The van der Waals surface area contributed by atoms with Gasteiger partial charge in [-0.05, 0) is 32.2 Å². The molecule has 104 valence electrons. The Bertz CT molecular complexity index is 430. The Morgan fingerprint density at radius 2 is 2.05 bits per heavy atom. The number of carbonyl (C=O) groups is 1. The van der Waals surface area contributed by atoms with Crippen molar-refractivity contribution in [1.29, 1.82) is 0 Å². The molecule has 1 aromatic rings. The third-order valence-electron chi connectivity index (χ3n) is 4.22. The van der Waals surface area contributed by atoms with Crippen LogP contribution in [0.2, 0.25) is 0 Å². The van der Waals surface area contributed by atoms with Crippen LogP contribution in [0.3, 0.4) is 0 Å². The summed E-state index contributed by atoms with van der Waals surface area (Å²) in [4.78, 5) is 12.2. The molecule has 0 spiro atoms. The van der Waals surface area contributed by atoms with Gasteiger partial charge in [0.25, 0.3) is 0 Å². The molecule has 0 unspecified atom stereocenters. The molecule has 1 aliphatic heterocycles. The smallest absolute Gasteiger partial charge is 0.242 e. The zero-order valence-electron chi connectivity index (χ0n) is 11.3. The summed E-state index contributed by atoms with van der Waals surface area (Å²) in [7, 11) is 0. The molecule has 1 saturated heterocycles. The van der Waals surface area contributed by atoms with Gasteiger partial charge in [0, 0.05) is 6.07 Å². The van der Waals surface area contributed by atoms with Gasteiger partial charge in [0.2, 0.25) is 5.91 Å². The van der Waals surface area contributed by atoms with Crippen molar-refractivity contribution >= 4 is 11.7 Å². The largest absolute Gasteiger partial charge is 0.310 e. The van der Waals surface area contributed by atoms with Gasteiger partial charge in [0.05, 0.1) is 18.3 Å². The molecule has 2 heterocycles. The van der Waals surface area contributed by atoms with Crippen molar-refractivity contribution in [2.24, 2.45) is 0 Å². The van der Waals surface area contributed by atoms with Gasteiger partial charge < -0.3 is 10.6 Å². The Hall–Kier alpha value is -1.36. The number of hydrogen-bond acceptors (Lipinski definition) is 3. The molecule has 1 amide bonds. The minimum absolute atomic E-state index is 0.0410. The highest BCUT2D eigenvalue weighted by molar-refractivity contribution is 5.94. The summed E-state index contributed by atoms with van der Waals surface area (Å²) in [5.41, 5.74) is 0.